The number of carbonyl (C=O) groups is 2. The number of hydrogen-bond acceptors (Lipinski definition) is 6. The van der Waals surface area contributed by atoms with Gasteiger partial charge in [0, 0.05) is 18.0 Å². The number of fused-ring (bicyclic) bond motifs is 1. The van der Waals surface area contributed by atoms with Crippen LogP contribution in [0.4, 0.5) is 5.00 Å². The van der Waals surface area contributed by atoms with E-state index in [1.807, 2.05) is 7.05 Å². The molecule has 2 amide bonds. The van der Waals surface area contributed by atoms with E-state index < -0.39 is 27.4 Å². The highest BCUT2D eigenvalue weighted by atomic mass is 35.5. The van der Waals surface area contributed by atoms with Gasteiger partial charge in [0.05, 0.1) is 10.5 Å². The third kappa shape index (κ3) is 4.67. The first-order valence-corrected chi connectivity index (χ1v) is 10.5. The molecule has 3 N–H and O–H groups in total. The molecule has 0 saturated heterocycles. The zero-order chi connectivity index (χ0) is 18.9. The summed E-state index contributed by atoms with van der Waals surface area (Å²) in [5.74, 6) is -2.01. The van der Waals surface area contributed by atoms with Crippen LogP contribution >= 0.6 is 23.7 Å². The van der Waals surface area contributed by atoms with Gasteiger partial charge >= 0.3 is 0 Å². The van der Waals surface area contributed by atoms with Crippen LogP contribution in [0, 0.1) is 0 Å². The van der Waals surface area contributed by atoms with Gasteiger partial charge in [-0.05, 0) is 31.2 Å². The van der Waals surface area contributed by atoms with E-state index in [1.165, 1.54) is 23.5 Å². The van der Waals surface area contributed by atoms with Crippen molar-refractivity contribution < 1.29 is 18.0 Å². The van der Waals surface area contributed by atoms with Crippen LogP contribution in [0.3, 0.4) is 0 Å². The number of primary amides is 1. The summed E-state index contributed by atoms with van der Waals surface area (Å²) in [6.07, 6.45) is 0.665. The molecule has 1 aromatic carbocycles. The average Bonchev–Trinajstić information content (AvgIpc) is 2.91. The minimum absolute atomic E-state index is 0. The average molecular weight is 430 g/mol. The summed E-state index contributed by atoms with van der Waals surface area (Å²) in [5, 5.41) is 2.90. The Labute approximate surface area is 167 Å². The molecule has 0 radical (unpaired) electrons. The van der Waals surface area contributed by atoms with Crippen LogP contribution in [-0.2, 0) is 27.6 Å². The summed E-state index contributed by atoms with van der Waals surface area (Å²) in [7, 11) is -1.79. The number of halogens is 1. The lowest BCUT2D eigenvalue weighted by Gasteiger charge is -2.22. The molecule has 1 aliphatic rings. The van der Waals surface area contributed by atoms with Crippen LogP contribution in [0.5, 0.6) is 0 Å². The Morgan fingerprint density at radius 1 is 1.26 bits per heavy atom. The third-order valence-corrected chi connectivity index (χ3v) is 6.94. The van der Waals surface area contributed by atoms with E-state index in [0.717, 1.165) is 17.0 Å². The van der Waals surface area contributed by atoms with E-state index in [4.69, 9.17) is 5.73 Å². The molecule has 2 heterocycles. The number of sulfone groups is 1. The number of hydrogen-bond donors (Lipinski definition) is 2. The van der Waals surface area contributed by atoms with Gasteiger partial charge in [0.2, 0.25) is 5.91 Å². The molecule has 1 aromatic heterocycles. The Bertz CT molecular complexity index is 958. The van der Waals surface area contributed by atoms with Gasteiger partial charge in [0.15, 0.2) is 9.84 Å². The summed E-state index contributed by atoms with van der Waals surface area (Å²) in [5.41, 5.74) is 6.64. The quantitative estimate of drug-likeness (QED) is 0.751. The fourth-order valence-electron chi connectivity index (χ4n) is 2.93. The number of carbonyl (C=O) groups excluding carboxylic acids is 2. The second kappa shape index (κ2) is 8.39. The van der Waals surface area contributed by atoms with Crippen molar-refractivity contribution in [1.82, 2.24) is 4.90 Å². The minimum Gasteiger partial charge on any atom is -0.365 e. The summed E-state index contributed by atoms with van der Waals surface area (Å²) < 4.78 is 24.7. The van der Waals surface area contributed by atoms with Crippen LogP contribution < -0.4 is 11.1 Å². The fourth-order valence-corrected chi connectivity index (χ4v) is 5.43. The van der Waals surface area contributed by atoms with Crippen LogP contribution in [0.25, 0.3) is 0 Å². The molecule has 3 rings (SSSR count). The van der Waals surface area contributed by atoms with Gasteiger partial charge in [-0.3, -0.25) is 9.59 Å². The maximum atomic E-state index is 12.3. The molecule has 0 bridgehead atoms. The minimum atomic E-state index is -3.76. The van der Waals surface area contributed by atoms with Gasteiger partial charge in [-0.2, -0.15) is 0 Å². The van der Waals surface area contributed by atoms with Crippen molar-refractivity contribution in [3.8, 4) is 0 Å². The maximum absolute atomic E-state index is 12.3. The van der Waals surface area contributed by atoms with E-state index >= 15 is 0 Å². The molecule has 2 aromatic rings. The number of likely N-dealkylation sites (N-methyl/N-ethyl adjacent to an activating group) is 1. The van der Waals surface area contributed by atoms with Gasteiger partial charge in [0.1, 0.15) is 10.8 Å². The Morgan fingerprint density at radius 3 is 2.56 bits per heavy atom. The number of benzene rings is 1. The lowest BCUT2D eigenvalue weighted by molar-refractivity contribution is -0.113. The second-order valence-electron chi connectivity index (χ2n) is 6.18. The standard InChI is InChI=1S/C17H19N3O4S2.ClH/c1-20-8-7-12-13(9-20)25-17(15(12)16(18)22)19-14(21)10-26(23,24)11-5-3-2-4-6-11;/h2-6H,7-10H2,1H3,(H2,18,22)(H,19,21);1H. The molecule has 0 spiro atoms. The van der Waals surface area contributed by atoms with Crippen LogP contribution in [-0.4, -0.2) is 44.5 Å². The second-order valence-corrected chi connectivity index (χ2v) is 9.28. The molecule has 0 saturated carbocycles. The maximum Gasteiger partial charge on any atom is 0.251 e. The van der Waals surface area contributed by atoms with Gasteiger partial charge in [0.25, 0.3) is 5.91 Å². The molecule has 0 aliphatic carbocycles. The highest BCUT2D eigenvalue weighted by Crippen LogP contribution is 2.36. The van der Waals surface area contributed by atoms with Crippen LogP contribution in [0.2, 0.25) is 0 Å². The van der Waals surface area contributed by atoms with E-state index in [1.54, 1.807) is 18.2 Å². The van der Waals surface area contributed by atoms with Crippen molar-refractivity contribution in [2.24, 2.45) is 5.73 Å². The Kier molecular flexibility index (Phi) is 6.63. The molecule has 27 heavy (non-hydrogen) atoms. The van der Waals surface area contributed by atoms with E-state index in [9.17, 15) is 18.0 Å². The first kappa shape index (κ1) is 21.4. The van der Waals surface area contributed by atoms with Gasteiger partial charge in [-0.1, -0.05) is 18.2 Å². The molecular weight excluding hydrogens is 410 g/mol. The summed E-state index contributed by atoms with van der Waals surface area (Å²) in [4.78, 5) is 27.3. The monoisotopic (exact) mass is 429 g/mol. The predicted octanol–water partition coefficient (Wildman–Crippen LogP) is 1.67. The Morgan fingerprint density at radius 2 is 1.93 bits per heavy atom. The molecule has 0 fully saturated rings. The van der Waals surface area contributed by atoms with Crippen molar-refractivity contribution in [1.29, 1.82) is 0 Å². The molecular formula is C17H20ClN3O4S2. The largest absolute Gasteiger partial charge is 0.365 e. The third-order valence-electron chi connectivity index (χ3n) is 4.17. The van der Waals surface area contributed by atoms with Crippen molar-refractivity contribution in [2.45, 2.75) is 17.9 Å². The number of nitrogens with two attached hydrogens (primary N) is 1. The SMILES string of the molecule is CN1CCc2c(sc(NC(=O)CS(=O)(=O)c3ccccc3)c2C(N)=O)C1.Cl. The molecule has 7 nitrogen and oxygen atoms in total. The number of nitrogens with one attached hydrogen (secondary N) is 1. The van der Waals surface area contributed by atoms with Crippen LogP contribution in [0.15, 0.2) is 35.2 Å². The van der Waals surface area contributed by atoms with E-state index in [2.05, 4.69) is 10.2 Å². The normalized spacial score (nSPS) is 14.1. The number of rotatable bonds is 5. The van der Waals surface area contributed by atoms with Gasteiger partial charge < -0.3 is 16.0 Å². The summed E-state index contributed by atoms with van der Waals surface area (Å²) >= 11 is 1.27. The first-order valence-electron chi connectivity index (χ1n) is 7.98. The summed E-state index contributed by atoms with van der Waals surface area (Å²) in [6, 6.07) is 7.78. The molecule has 1 aliphatic heterocycles. The van der Waals surface area contributed by atoms with Crippen molar-refractivity contribution in [3.05, 3.63) is 46.3 Å². The van der Waals surface area contributed by atoms with Crippen molar-refractivity contribution in [3.63, 3.8) is 0 Å². The predicted molar refractivity (Wildman–Crippen MR) is 107 cm³/mol. The van der Waals surface area contributed by atoms with Crippen molar-refractivity contribution in [2.75, 3.05) is 24.7 Å². The number of anilines is 1. The topological polar surface area (TPSA) is 110 Å². The summed E-state index contributed by atoms with van der Waals surface area (Å²) in [6.45, 7) is 1.46. The first-order chi connectivity index (χ1) is 12.3. The Hall–Kier alpha value is -1.94. The highest BCUT2D eigenvalue weighted by molar-refractivity contribution is 7.92. The zero-order valence-corrected chi connectivity index (χ0v) is 17.0. The number of thiophene rings is 1. The highest BCUT2D eigenvalue weighted by Gasteiger charge is 2.27. The Balaban J connectivity index is 0.00000261. The van der Waals surface area contributed by atoms with Crippen molar-refractivity contribution >= 4 is 50.4 Å². The van der Waals surface area contributed by atoms with Crippen LogP contribution in [0.1, 0.15) is 20.8 Å². The molecule has 146 valence electrons. The number of nitrogens with zero attached hydrogens (tertiary/aromatic N) is 1. The lowest BCUT2D eigenvalue weighted by Crippen LogP contribution is -2.27. The van der Waals surface area contributed by atoms with E-state index in [0.29, 0.717) is 23.5 Å². The van der Waals surface area contributed by atoms with Gasteiger partial charge in [-0.15, -0.1) is 23.7 Å². The fraction of sp³-hybridized carbons (Fsp3) is 0.294. The molecule has 0 atom stereocenters. The molecule has 0 unspecified atom stereocenters. The molecule has 10 heteroatoms. The van der Waals surface area contributed by atoms with E-state index in [-0.39, 0.29) is 17.3 Å². The lowest BCUT2D eigenvalue weighted by atomic mass is 10.0. The van der Waals surface area contributed by atoms with Gasteiger partial charge in [-0.25, -0.2) is 8.42 Å². The smallest absolute Gasteiger partial charge is 0.251 e. The number of amides is 2. The zero-order valence-electron chi connectivity index (χ0n) is 14.6.